The number of halogens is 1. The molecule has 2 aromatic rings. The molecule has 0 radical (unpaired) electrons. The summed E-state index contributed by atoms with van der Waals surface area (Å²) in [5, 5.41) is 0. The number of Topliss-reactive ketones (excluding diaryl/α,β-unsaturated/α-hetero) is 2. The zero-order valence-corrected chi connectivity index (χ0v) is 12.6. The number of ether oxygens (including phenoxy) is 1. The lowest BCUT2D eigenvalue weighted by atomic mass is 10.1. The van der Waals surface area contributed by atoms with Crippen molar-refractivity contribution in [1.29, 1.82) is 0 Å². The van der Waals surface area contributed by atoms with Crippen LogP contribution >= 0.6 is 11.3 Å². The number of hydrogen-bond acceptors (Lipinski definition) is 5. The van der Waals surface area contributed by atoms with Crippen molar-refractivity contribution in [1.82, 2.24) is 0 Å². The molecule has 1 aromatic carbocycles. The summed E-state index contributed by atoms with van der Waals surface area (Å²) in [5.41, 5.74) is 0.924. The number of rotatable bonds is 6. The fraction of sp³-hybridized carbons (Fsp3) is 0.188. The molecule has 6 heteroatoms. The molecule has 0 saturated carbocycles. The molecular formula is C16H13FO4S. The van der Waals surface area contributed by atoms with Crippen LogP contribution in [0.4, 0.5) is 4.39 Å². The van der Waals surface area contributed by atoms with Gasteiger partial charge in [-0.25, -0.2) is 9.18 Å². The molecule has 114 valence electrons. The van der Waals surface area contributed by atoms with Crippen LogP contribution in [0, 0.1) is 5.82 Å². The molecule has 0 saturated heterocycles. The lowest BCUT2D eigenvalue weighted by Gasteiger charge is -1.99. The number of carbonyl (C=O) groups excluding carboxylic acids is 3. The topological polar surface area (TPSA) is 60.4 Å². The van der Waals surface area contributed by atoms with Gasteiger partial charge in [-0.3, -0.25) is 9.59 Å². The molecule has 0 N–H and O–H groups in total. The van der Waals surface area contributed by atoms with Crippen LogP contribution in [0.25, 0.3) is 0 Å². The van der Waals surface area contributed by atoms with Gasteiger partial charge in [0.15, 0.2) is 5.78 Å². The molecule has 0 aliphatic carbocycles. The van der Waals surface area contributed by atoms with E-state index in [4.69, 9.17) is 0 Å². The second kappa shape index (κ2) is 7.09. The number of carbonyl (C=O) groups is 3. The number of thiophene rings is 1. The molecular weight excluding hydrogens is 307 g/mol. The third kappa shape index (κ3) is 4.08. The Morgan fingerprint density at radius 1 is 1.09 bits per heavy atom. The first-order valence-electron chi connectivity index (χ1n) is 6.47. The highest BCUT2D eigenvalue weighted by molar-refractivity contribution is 7.14. The van der Waals surface area contributed by atoms with Crippen LogP contribution in [-0.2, 0) is 20.7 Å². The van der Waals surface area contributed by atoms with E-state index in [0.29, 0.717) is 11.3 Å². The van der Waals surface area contributed by atoms with Crippen LogP contribution in [0.15, 0.2) is 36.4 Å². The number of hydrogen-bond donors (Lipinski definition) is 0. The highest BCUT2D eigenvalue weighted by Gasteiger charge is 2.20. The maximum absolute atomic E-state index is 12.8. The van der Waals surface area contributed by atoms with Gasteiger partial charge in [0.2, 0.25) is 5.78 Å². The van der Waals surface area contributed by atoms with E-state index in [1.54, 1.807) is 24.3 Å². The van der Waals surface area contributed by atoms with E-state index in [1.165, 1.54) is 23.5 Å². The van der Waals surface area contributed by atoms with E-state index >= 15 is 0 Å². The van der Waals surface area contributed by atoms with Crippen molar-refractivity contribution >= 4 is 28.9 Å². The molecule has 22 heavy (non-hydrogen) atoms. The largest absolute Gasteiger partial charge is 0.463 e. The Kier molecular flexibility index (Phi) is 5.16. The fourth-order valence-corrected chi connectivity index (χ4v) is 2.82. The smallest absolute Gasteiger partial charge is 0.374 e. The Balaban J connectivity index is 2.01. The minimum atomic E-state index is -1.02. The Labute approximate surface area is 130 Å². The maximum atomic E-state index is 12.8. The van der Waals surface area contributed by atoms with Crippen molar-refractivity contribution in [2.45, 2.75) is 12.8 Å². The van der Waals surface area contributed by atoms with Gasteiger partial charge in [0, 0.05) is 11.3 Å². The summed E-state index contributed by atoms with van der Waals surface area (Å²) in [6, 6.07) is 9.52. The molecule has 4 nitrogen and oxygen atoms in total. The minimum Gasteiger partial charge on any atom is -0.463 e. The van der Waals surface area contributed by atoms with E-state index < -0.39 is 24.0 Å². The third-order valence-electron chi connectivity index (χ3n) is 2.96. The first-order valence-corrected chi connectivity index (χ1v) is 7.28. The standard InChI is InChI=1S/C16H13FO4S/c1-21-16(20)14(19)9-13(18)15-7-6-12(22-15)8-10-2-4-11(17)5-3-10/h2-7H,8-9H2,1H3. The Bertz CT molecular complexity index is 703. The van der Waals surface area contributed by atoms with Crippen molar-refractivity contribution in [3.05, 3.63) is 57.5 Å². The van der Waals surface area contributed by atoms with Gasteiger partial charge in [0.25, 0.3) is 0 Å². The first kappa shape index (κ1) is 16.0. The van der Waals surface area contributed by atoms with Crippen LogP contribution in [0.1, 0.15) is 26.5 Å². The second-order valence-corrected chi connectivity index (χ2v) is 5.75. The molecule has 0 atom stereocenters. The minimum absolute atomic E-state index is 0.299. The van der Waals surface area contributed by atoms with Gasteiger partial charge in [0.05, 0.1) is 18.4 Å². The second-order valence-electron chi connectivity index (χ2n) is 4.58. The molecule has 0 aliphatic heterocycles. The number of esters is 1. The fourth-order valence-electron chi connectivity index (χ4n) is 1.85. The Hall–Kier alpha value is -2.34. The average Bonchev–Trinajstić information content (AvgIpc) is 2.97. The van der Waals surface area contributed by atoms with Crippen molar-refractivity contribution < 1.29 is 23.5 Å². The van der Waals surface area contributed by atoms with Gasteiger partial charge in [-0.15, -0.1) is 11.3 Å². The Morgan fingerprint density at radius 3 is 2.41 bits per heavy atom. The Morgan fingerprint density at radius 2 is 1.77 bits per heavy atom. The predicted octanol–water partition coefficient (Wildman–Crippen LogP) is 2.79. The van der Waals surface area contributed by atoms with Gasteiger partial charge >= 0.3 is 5.97 Å². The van der Waals surface area contributed by atoms with Crippen molar-refractivity contribution in [2.24, 2.45) is 0 Å². The van der Waals surface area contributed by atoms with Gasteiger partial charge < -0.3 is 4.74 Å². The van der Waals surface area contributed by atoms with Crippen LogP contribution in [0.3, 0.4) is 0 Å². The molecule has 0 fully saturated rings. The summed E-state index contributed by atoms with van der Waals surface area (Å²) < 4.78 is 17.1. The van der Waals surface area contributed by atoms with Gasteiger partial charge in [-0.05, 0) is 29.8 Å². The van der Waals surface area contributed by atoms with Crippen LogP contribution in [0.5, 0.6) is 0 Å². The van der Waals surface area contributed by atoms with Crippen LogP contribution < -0.4 is 0 Å². The molecule has 0 bridgehead atoms. The monoisotopic (exact) mass is 320 g/mol. The number of methoxy groups -OCH3 is 1. The molecule has 0 unspecified atom stereocenters. The summed E-state index contributed by atoms with van der Waals surface area (Å²) in [5.74, 6) is -2.59. The van der Waals surface area contributed by atoms with Gasteiger partial charge in [-0.2, -0.15) is 0 Å². The van der Waals surface area contributed by atoms with Crippen molar-refractivity contribution in [3.8, 4) is 0 Å². The highest BCUT2D eigenvalue weighted by atomic mass is 32.1. The summed E-state index contributed by atoms with van der Waals surface area (Å²) in [4.78, 5) is 35.6. The molecule has 0 spiro atoms. The lowest BCUT2D eigenvalue weighted by Crippen LogP contribution is -2.18. The van der Waals surface area contributed by atoms with Crippen LogP contribution in [-0.4, -0.2) is 24.6 Å². The van der Waals surface area contributed by atoms with Crippen LogP contribution in [0.2, 0.25) is 0 Å². The van der Waals surface area contributed by atoms with Gasteiger partial charge in [-0.1, -0.05) is 12.1 Å². The van der Waals surface area contributed by atoms with E-state index in [-0.39, 0.29) is 5.82 Å². The third-order valence-corrected chi connectivity index (χ3v) is 4.09. The van der Waals surface area contributed by atoms with E-state index in [2.05, 4.69) is 4.74 Å². The summed E-state index contributed by atoms with van der Waals surface area (Å²) in [6.45, 7) is 0. The number of ketones is 2. The normalized spacial score (nSPS) is 10.3. The average molecular weight is 320 g/mol. The molecule has 0 aliphatic rings. The molecule has 1 heterocycles. The zero-order chi connectivity index (χ0) is 16.1. The van der Waals surface area contributed by atoms with E-state index in [9.17, 15) is 18.8 Å². The van der Waals surface area contributed by atoms with E-state index in [0.717, 1.165) is 17.6 Å². The lowest BCUT2D eigenvalue weighted by molar-refractivity contribution is -0.151. The molecule has 1 aromatic heterocycles. The van der Waals surface area contributed by atoms with Crippen molar-refractivity contribution in [2.75, 3.05) is 7.11 Å². The van der Waals surface area contributed by atoms with E-state index in [1.807, 2.05) is 0 Å². The maximum Gasteiger partial charge on any atom is 0.374 e. The summed E-state index contributed by atoms with van der Waals surface area (Å²) >= 11 is 1.25. The van der Waals surface area contributed by atoms with Gasteiger partial charge in [0.1, 0.15) is 5.82 Å². The highest BCUT2D eigenvalue weighted by Crippen LogP contribution is 2.21. The first-order chi connectivity index (χ1) is 10.5. The number of benzene rings is 1. The SMILES string of the molecule is COC(=O)C(=O)CC(=O)c1ccc(Cc2ccc(F)cc2)s1. The quantitative estimate of drug-likeness (QED) is 0.355. The molecule has 0 amide bonds. The predicted molar refractivity (Wildman–Crippen MR) is 79.5 cm³/mol. The zero-order valence-electron chi connectivity index (χ0n) is 11.8. The summed E-state index contributed by atoms with van der Waals surface area (Å²) in [6.07, 6.45) is 0.0757. The summed E-state index contributed by atoms with van der Waals surface area (Å²) in [7, 11) is 1.09. The molecule has 2 rings (SSSR count). The van der Waals surface area contributed by atoms with Crippen molar-refractivity contribution in [3.63, 3.8) is 0 Å².